The zero-order valence-corrected chi connectivity index (χ0v) is 22.1. The van der Waals surface area contributed by atoms with Crippen molar-refractivity contribution in [3.05, 3.63) is 0 Å². The average molecular weight is 441 g/mol. The molecule has 2 nitrogen and oxygen atoms in total. The Labute approximate surface area is 197 Å². The monoisotopic (exact) mass is 440 g/mol. The molecule has 5 fully saturated rings. The van der Waals surface area contributed by atoms with Crippen molar-refractivity contribution in [3.8, 4) is 0 Å². The van der Waals surface area contributed by atoms with Gasteiger partial charge in [-0.3, -0.25) is 9.59 Å². The van der Waals surface area contributed by atoms with Gasteiger partial charge in [-0.05, 0) is 96.7 Å². The maximum atomic E-state index is 13.9. The lowest BCUT2D eigenvalue weighted by atomic mass is 9.31. The summed E-state index contributed by atoms with van der Waals surface area (Å²) in [5.41, 5.74) is 0.241. The third-order valence-corrected chi connectivity index (χ3v) is 13.6. The Morgan fingerprint density at radius 1 is 0.719 bits per heavy atom. The summed E-state index contributed by atoms with van der Waals surface area (Å²) in [6.07, 6.45) is 9.87. The molecule has 5 aliphatic carbocycles. The molecule has 0 radical (unpaired) electrons. The zero-order valence-electron chi connectivity index (χ0n) is 22.1. The summed E-state index contributed by atoms with van der Waals surface area (Å²) >= 11 is 0. The SMILES string of the molecule is C[C@H]1[C@@H]2[C@H]3CC[C@@H]4[C@@]5(C)CCC(=O)C(C)(C)[C@@H]5CC[C@@]4(C)[C@]3(C)CC(=O)[C@@]2(C)CC[C@@H]1C. The molecule has 0 heterocycles. The predicted molar refractivity (Wildman–Crippen MR) is 130 cm³/mol. The van der Waals surface area contributed by atoms with Crippen LogP contribution in [0, 0.1) is 62.6 Å². The van der Waals surface area contributed by atoms with E-state index in [1.54, 1.807) is 0 Å². The quantitative estimate of drug-likeness (QED) is 0.391. The van der Waals surface area contributed by atoms with Gasteiger partial charge < -0.3 is 0 Å². The van der Waals surface area contributed by atoms with Crippen molar-refractivity contribution < 1.29 is 9.59 Å². The number of Topliss-reactive ketones (excluding diaryl/α,β-unsaturated/α-hetero) is 2. The van der Waals surface area contributed by atoms with Gasteiger partial charge in [0, 0.05) is 23.7 Å². The van der Waals surface area contributed by atoms with E-state index in [2.05, 4.69) is 55.4 Å². The lowest BCUT2D eigenvalue weighted by Gasteiger charge is -2.73. The van der Waals surface area contributed by atoms with Crippen LogP contribution in [-0.4, -0.2) is 11.6 Å². The van der Waals surface area contributed by atoms with E-state index < -0.39 is 0 Å². The van der Waals surface area contributed by atoms with Crippen molar-refractivity contribution in [2.75, 3.05) is 0 Å². The van der Waals surface area contributed by atoms with Crippen LogP contribution >= 0.6 is 0 Å². The first-order chi connectivity index (χ1) is 14.7. The van der Waals surface area contributed by atoms with E-state index in [1.807, 2.05) is 0 Å². The van der Waals surface area contributed by atoms with Crippen LogP contribution in [0.2, 0.25) is 0 Å². The smallest absolute Gasteiger partial charge is 0.139 e. The maximum absolute atomic E-state index is 13.9. The number of carbonyl (C=O) groups excluding carboxylic acids is 2. The van der Waals surface area contributed by atoms with Gasteiger partial charge in [-0.2, -0.15) is 0 Å². The Morgan fingerprint density at radius 2 is 1.41 bits per heavy atom. The Balaban J connectivity index is 1.58. The highest BCUT2D eigenvalue weighted by molar-refractivity contribution is 5.87. The largest absolute Gasteiger partial charge is 0.299 e. The molecule has 0 aromatic rings. The molecule has 0 unspecified atom stereocenters. The first-order valence-electron chi connectivity index (χ1n) is 13.8. The van der Waals surface area contributed by atoms with Gasteiger partial charge in [0.25, 0.3) is 0 Å². The Bertz CT molecular complexity index is 842. The number of rotatable bonds is 0. The summed E-state index contributed by atoms with van der Waals surface area (Å²) in [4.78, 5) is 26.8. The van der Waals surface area contributed by atoms with Crippen LogP contribution in [0.1, 0.15) is 113 Å². The number of hydrogen-bond acceptors (Lipinski definition) is 2. The predicted octanol–water partition coefficient (Wildman–Crippen LogP) is 7.49. The summed E-state index contributed by atoms with van der Waals surface area (Å²) in [5, 5.41) is 0. The second-order valence-electron chi connectivity index (χ2n) is 14.7. The standard InChI is InChI=1S/C30H48O2/c1-18-11-14-28(6)24(32)17-30(8)20(25(28)19(18)2)9-10-22-27(5)15-13-23(31)26(3,4)21(27)12-16-29(22,30)7/h18-22,25H,9-17H2,1-8H3/t18-,19+,20+,21-,22+,25+,27-,28+,29+,30+/m0/s1. The van der Waals surface area contributed by atoms with Crippen molar-refractivity contribution >= 4 is 11.6 Å². The molecule has 5 aliphatic rings. The Hall–Kier alpha value is -0.660. The maximum Gasteiger partial charge on any atom is 0.139 e. The summed E-state index contributed by atoms with van der Waals surface area (Å²) in [5.74, 6) is 4.77. The van der Waals surface area contributed by atoms with Crippen molar-refractivity contribution in [2.45, 2.75) is 113 Å². The topological polar surface area (TPSA) is 34.1 Å². The molecule has 180 valence electrons. The number of hydrogen-bond donors (Lipinski definition) is 0. The molecule has 0 bridgehead atoms. The minimum Gasteiger partial charge on any atom is -0.299 e. The minimum atomic E-state index is -0.194. The first-order valence-corrected chi connectivity index (χ1v) is 13.8. The third-order valence-electron chi connectivity index (χ3n) is 13.6. The molecule has 5 saturated carbocycles. The van der Waals surface area contributed by atoms with E-state index in [4.69, 9.17) is 0 Å². The fourth-order valence-electron chi connectivity index (χ4n) is 11.2. The average Bonchev–Trinajstić information content (AvgIpc) is 2.70. The van der Waals surface area contributed by atoms with Crippen LogP contribution < -0.4 is 0 Å². The van der Waals surface area contributed by atoms with Gasteiger partial charge in [0.15, 0.2) is 0 Å². The molecule has 0 amide bonds. The normalized spacial score (nSPS) is 57.1. The van der Waals surface area contributed by atoms with E-state index in [0.717, 1.165) is 38.0 Å². The summed E-state index contributed by atoms with van der Waals surface area (Å²) in [7, 11) is 0. The van der Waals surface area contributed by atoms with Crippen LogP contribution in [-0.2, 0) is 9.59 Å². The van der Waals surface area contributed by atoms with E-state index >= 15 is 0 Å². The summed E-state index contributed by atoms with van der Waals surface area (Å²) in [6, 6.07) is 0. The van der Waals surface area contributed by atoms with Crippen molar-refractivity contribution in [3.63, 3.8) is 0 Å². The van der Waals surface area contributed by atoms with Crippen LogP contribution in [0.4, 0.5) is 0 Å². The molecule has 0 spiro atoms. The van der Waals surface area contributed by atoms with Crippen LogP contribution in [0.3, 0.4) is 0 Å². The Morgan fingerprint density at radius 3 is 2.09 bits per heavy atom. The molecule has 0 aliphatic heterocycles. The van der Waals surface area contributed by atoms with Crippen molar-refractivity contribution in [1.82, 2.24) is 0 Å². The molecule has 5 rings (SSSR count). The highest BCUT2D eigenvalue weighted by Gasteiger charge is 2.71. The van der Waals surface area contributed by atoms with Gasteiger partial charge >= 0.3 is 0 Å². The van der Waals surface area contributed by atoms with Crippen LogP contribution in [0.25, 0.3) is 0 Å². The molecule has 0 saturated heterocycles. The molecule has 0 aromatic heterocycles. The number of fused-ring (bicyclic) bond motifs is 7. The fourth-order valence-corrected chi connectivity index (χ4v) is 11.2. The highest BCUT2D eigenvalue weighted by Crippen LogP contribution is 2.76. The van der Waals surface area contributed by atoms with Gasteiger partial charge in [0.1, 0.15) is 11.6 Å². The van der Waals surface area contributed by atoms with E-state index in [0.29, 0.717) is 41.2 Å². The minimum absolute atomic E-state index is 0.0976. The van der Waals surface area contributed by atoms with Crippen molar-refractivity contribution in [2.24, 2.45) is 62.6 Å². The molecular weight excluding hydrogens is 392 g/mol. The molecule has 32 heavy (non-hydrogen) atoms. The second-order valence-corrected chi connectivity index (χ2v) is 14.7. The first kappa shape index (κ1) is 23.1. The van der Waals surface area contributed by atoms with Gasteiger partial charge in [-0.15, -0.1) is 0 Å². The highest BCUT2D eigenvalue weighted by atomic mass is 16.1. The Kier molecular flexibility index (Phi) is 4.85. The summed E-state index contributed by atoms with van der Waals surface area (Å²) < 4.78 is 0. The van der Waals surface area contributed by atoms with E-state index in [1.165, 1.54) is 25.7 Å². The van der Waals surface area contributed by atoms with Crippen LogP contribution in [0.5, 0.6) is 0 Å². The van der Waals surface area contributed by atoms with Gasteiger partial charge in [0.05, 0.1) is 0 Å². The zero-order chi connectivity index (χ0) is 23.5. The number of carbonyl (C=O) groups is 2. The molecule has 0 N–H and O–H groups in total. The number of ketones is 2. The van der Waals surface area contributed by atoms with E-state index in [-0.39, 0.29) is 27.1 Å². The van der Waals surface area contributed by atoms with Crippen molar-refractivity contribution in [1.29, 1.82) is 0 Å². The van der Waals surface area contributed by atoms with Crippen LogP contribution in [0.15, 0.2) is 0 Å². The second kappa shape index (κ2) is 6.72. The molecular formula is C30H48O2. The molecule has 10 atom stereocenters. The fraction of sp³-hybridized carbons (Fsp3) is 0.933. The summed E-state index contributed by atoms with van der Waals surface area (Å²) in [6.45, 7) is 19.4. The van der Waals surface area contributed by atoms with Gasteiger partial charge in [-0.1, -0.05) is 55.4 Å². The van der Waals surface area contributed by atoms with Gasteiger partial charge in [-0.25, -0.2) is 0 Å². The molecule has 0 aromatic carbocycles. The van der Waals surface area contributed by atoms with Gasteiger partial charge in [0.2, 0.25) is 0 Å². The van der Waals surface area contributed by atoms with E-state index in [9.17, 15) is 9.59 Å². The molecule has 2 heteroatoms. The lowest BCUT2D eigenvalue weighted by Crippen LogP contribution is -2.68. The lowest BCUT2D eigenvalue weighted by molar-refractivity contribution is -0.238. The third kappa shape index (κ3) is 2.54.